The lowest BCUT2D eigenvalue weighted by Crippen LogP contribution is -2.39. The zero-order valence-electron chi connectivity index (χ0n) is 23.6. The van der Waals surface area contributed by atoms with Crippen LogP contribution >= 0.6 is 11.8 Å². The zero-order valence-corrected chi connectivity index (χ0v) is 24.5. The molecule has 208 valence electrons. The topological polar surface area (TPSA) is 55.3 Å². The molecule has 1 saturated heterocycles. The number of piperidine rings is 1. The minimum absolute atomic E-state index is 0.127. The van der Waals surface area contributed by atoms with Crippen LogP contribution in [0.5, 0.6) is 0 Å². The van der Waals surface area contributed by atoms with Gasteiger partial charge in [0, 0.05) is 29.1 Å². The van der Waals surface area contributed by atoms with E-state index in [2.05, 4.69) is 104 Å². The molecule has 2 aliphatic heterocycles. The second kappa shape index (κ2) is 17.8. The van der Waals surface area contributed by atoms with E-state index in [1.807, 2.05) is 11.8 Å². The summed E-state index contributed by atoms with van der Waals surface area (Å²) in [6.07, 6.45) is 10.4. The molecule has 0 bridgehead atoms. The van der Waals surface area contributed by atoms with Crippen molar-refractivity contribution >= 4 is 11.8 Å². The fourth-order valence-electron chi connectivity index (χ4n) is 4.94. The Labute approximate surface area is 233 Å². The van der Waals surface area contributed by atoms with Crippen molar-refractivity contribution in [1.82, 2.24) is 4.90 Å². The largest absolute Gasteiger partial charge is 0.365 e. The molecule has 2 aliphatic rings. The average Bonchev–Trinajstić information content (AvgIpc) is 2.97. The normalized spacial score (nSPS) is 20.1. The molecule has 38 heavy (non-hydrogen) atoms. The highest BCUT2D eigenvalue weighted by Gasteiger charge is 2.32. The number of fused-ring (bicyclic) bond motifs is 1. The van der Waals surface area contributed by atoms with Crippen LogP contribution in [0.3, 0.4) is 0 Å². The third-order valence-corrected chi connectivity index (χ3v) is 7.57. The minimum atomic E-state index is -0.250. The van der Waals surface area contributed by atoms with Gasteiger partial charge in [-0.25, -0.2) is 0 Å². The fourth-order valence-corrected chi connectivity index (χ4v) is 5.57. The van der Waals surface area contributed by atoms with E-state index in [-0.39, 0.29) is 12.6 Å². The molecule has 0 spiro atoms. The smallest absolute Gasteiger partial charge is 0.0866 e. The summed E-state index contributed by atoms with van der Waals surface area (Å²) < 4.78 is 19.8. The van der Waals surface area contributed by atoms with Crippen LogP contribution in [0, 0.1) is 6.92 Å². The van der Waals surface area contributed by atoms with E-state index in [1.165, 1.54) is 58.9 Å². The summed E-state index contributed by atoms with van der Waals surface area (Å²) in [5.74, 6) is 8.13. The quantitative estimate of drug-likeness (QED) is 0.234. The molecule has 2 heterocycles. The predicted octanol–water partition coefficient (Wildman–Crippen LogP) is 8.04. The first kappa shape index (κ1) is 33.4. The summed E-state index contributed by atoms with van der Waals surface area (Å²) in [7, 11) is 0.500. The molecule has 0 amide bonds. The van der Waals surface area contributed by atoms with Crippen molar-refractivity contribution in [1.29, 1.82) is 0 Å². The maximum absolute atomic E-state index is 10.3. The van der Waals surface area contributed by atoms with Crippen LogP contribution in [-0.4, -0.2) is 37.6 Å². The Bertz CT molecular complexity index is 1080. The van der Waals surface area contributed by atoms with Gasteiger partial charge in [-0.2, -0.15) is 0 Å². The van der Waals surface area contributed by atoms with Gasteiger partial charge in [0.25, 0.3) is 0 Å². The molecule has 3 nitrogen and oxygen atoms in total. The monoisotopic (exact) mass is 541 g/mol. The number of halogens is 2. The SMILES string of the molecule is C=C1/C=C\C2CCCCN2C(=C)/C(C(c2ccc(C)cc2)c2ccccc2SC)=C/1C.CCF.CF.NN. The van der Waals surface area contributed by atoms with Gasteiger partial charge in [0.1, 0.15) is 0 Å². The number of thioether (sulfide) groups is 1. The minimum Gasteiger partial charge on any atom is -0.365 e. The second-order valence-corrected chi connectivity index (χ2v) is 9.83. The summed E-state index contributed by atoms with van der Waals surface area (Å²) in [6.45, 7) is 15.8. The van der Waals surface area contributed by atoms with Crippen LogP contribution in [0.1, 0.15) is 55.7 Å². The number of alkyl halides is 2. The molecule has 0 aromatic heterocycles. The standard InChI is InChI=1S/C29H33NS.C2H5F.CH3F.H4N2/c1-20-13-16-24(17-14-20)29(26-11-6-7-12-27(26)31-5)28-22(3)21(2)15-18-25-10-8-9-19-30(25)23(28)4;1-2-3;2*1-2/h6-7,11-18,25,29H,2,4,8-10,19H2,1,3,5H3;2H2,1H3;1H3;1-2H2/b18-15-,28-22-;;;. The zero-order chi connectivity index (χ0) is 28.7. The lowest BCUT2D eigenvalue weighted by molar-refractivity contribution is 0.233. The molecule has 0 aliphatic carbocycles. The number of benzene rings is 2. The molecular formula is C32H45F2N3S. The molecule has 6 heteroatoms. The number of rotatable bonds is 4. The van der Waals surface area contributed by atoms with Gasteiger partial charge in [-0.1, -0.05) is 73.3 Å². The molecule has 2 unspecified atom stereocenters. The van der Waals surface area contributed by atoms with E-state index in [4.69, 9.17) is 6.58 Å². The molecule has 0 saturated carbocycles. The van der Waals surface area contributed by atoms with Crippen molar-refractivity contribution in [2.75, 3.05) is 26.7 Å². The number of hydrogen-bond acceptors (Lipinski definition) is 4. The Morgan fingerprint density at radius 2 is 1.63 bits per heavy atom. The van der Waals surface area contributed by atoms with Crippen molar-refractivity contribution in [3.63, 3.8) is 0 Å². The van der Waals surface area contributed by atoms with Crippen molar-refractivity contribution in [3.05, 3.63) is 113 Å². The number of allylic oxidation sites excluding steroid dienone is 4. The Balaban J connectivity index is 0.000000944. The fraction of sp³-hybridized carbons (Fsp3) is 0.375. The number of nitrogens with two attached hydrogens (primary N) is 2. The van der Waals surface area contributed by atoms with E-state index in [1.54, 1.807) is 0 Å². The third kappa shape index (κ3) is 8.42. The van der Waals surface area contributed by atoms with E-state index < -0.39 is 0 Å². The molecule has 2 aromatic rings. The third-order valence-electron chi connectivity index (χ3n) is 6.76. The Kier molecular flexibility index (Phi) is 15.6. The summed E-state index contributed by atoms with van der Waals surface area (Å²) in [5.41, 5.74) is 8.76. The van der Waals surface area contributed by atoms with E-state index in [9.17, 15) is 8.78 Å². The summed E-state index contributed by atoms with van der Waals surface area (Å²) in [6, 6.07) is 18.3. The van der Waals surface area contributed by atoms with Crippen LogP contribution in [0.2, 0.25) is 0 Å². The van der Waals surface area contributed by atoms with Crippen molar-refractivity contribution in [2.45, 2.75) is 56.9 Å². The molecule has 4 N–H and O–H groups in total. The predicted molar refractivity (Wildman–Crippen MR) is 163 cm³/mol. The van der Waals surface area contributed by atoms with Crippen LogP contribution in [-0.2, 0) is 0 Å². The van der Waals surface area contributed by atoms with E-state index in [0.717, 1.165) is 17.8 Å². The molecule has 2 aromatic carbocycles. The van der Waals surface area contributed by atoms with E-state index in [0.29, 0.717) is 13.2 Å². The van der Waals surface area contributed by atoms with Gasteiger partial charge in [-0.15, -0.1) is 11.8 Å². The van der Waals surface area contributed by atoms with Gasteiger partial charge < -0.3 is 4.90 Å². The van der Waals surface area contributed by atoms with Gasteiger partial charge in [0.05, 0.1) is 13.9 Å². The lowest BCUT2D eigenvalue weighted by Gasteiger charge is -2.41. The van der Waals surface area contributed by atoms with Crippen molar-refractivity contribution in [3.8, 4) is 0 Å². The molecule has 4 rings (SSSR count). The number of hydrazine groups is 1. The van der Waals surface area contributed by atoms with Crippen LogP contribution in [0.4, 0.5) is 8.78 Å². The van der Waals surface area contributed by atoms with Crippen LogP contribution in [0.15, 0.2) is 101 Å². The highest BCUT2D eigenvalue weighted by atomic mass is 32.2. The Morgan fingerprint density at radius 3 is 2.24 bits per heavy atom. The summed E-state index contributed by atoms with van der Waals surface area (Å²) in [4.78, 5) is 3.85. The highest BCUT2D eigenvalue weighted by Crippen LogP contribution is 2.44. The second-order valence-electron chi connectivity index (χ2n) is 8.98. The van der Waals surface area contributed by atoms with Gasteiger partial charge in [-0.05, 0) is 80.2 Å². The first-order valence-corrected chi connectivity index (χ1v) is 14.2. The molecule has 2 atom stereocenters. The lowest BCUT2D eigenvalue weighted by atomic mass is 9.78. The van der Waals surface area contributed by atoms with E-state index >= 15 is 0 Å². The average molecular weight is 542 g/mol. The summed E-state index contributed by atoms with van der Waals surface area (Å²) >= 11 is 1.82. The maximum Gasteiger partial charge on any atom is 0.0866 e. The number of nitrogens with zero attached hydrogens (tertiary/aromatic N) is 1. The number of hydrogen-bond donors (Lipinski definition) is 2. The first-order valence-electron chi connectivity index (χ1n) is 12.9. The van der Waals surface area contributed by atoms with Gasteiger partial charge >= 0.3 is 0 Å². The number of aryl methyl sites for hydroxylation is 1. The van der Waals surface area contributed by atoms with Gasteiger partial charge in [-0.3, -0.25) is 20.5 Å². The van der Waals surface area contributed by atoms with Crippen molar-refractivity contribution in [2.24, 2.45) is 11.7 Å². The Hall–Kier alpha value is -2.67. The van der Waals surface area contributed by atoms with Gasteiger partial charge in [0.2, 0.25) is 0 Å². The first-order chi connectivity index (χ1) is 18.4. The maximum atomic E-state index is 10.3. The van der Waals surface area contributed by atoms with Gasteiger partial charge in [0.15, 0.2) is 0 Å². The van der Waals surface area contributed by atoms with Crippen LogP contribution < -0.4 is 11.7 Å². The highest BCUT2D eigenvalue weighted by molar-refractivity contribution is 7.98. The summed E-state index contributed by atoms with van der Waals surface area (Å²) in [5, 5.41) is 0. The van der Waals surface area contributed by atoms with Crippen LogP contribution in [0.25, 0.3) is 0 Å². The molecule has 1 fully saturated rings. The van der Waals surface area contributed by atoms with Crippen molar-refractivity contribution < 1.29 is 8.78 Å². The Morgan fingerprint density at radius 1 is 1.03 bits per heavy atom. The molecular weight excluding hydrogens is 496 g/mol. The molecule has 0 radical (unpaired) electrons.